The van der Waals surface area contributed by atoms with Gasteiger partial charge in [0.05, 0.1) is 6.33 Å². The largest absolute Gasteiger partial charge is 0.370 e. The quantitative estimate of drug-likeness (QED) is 0.0177. The fourth-order valence-corrected chi connectivity index (χ4v) is 7.11. The van der Waals surface area contributed by atoms with Gasteiger partial charge in [0.1, 0.15) is 30.2 Å². The van der Waals surface area contributed by atoms with Gasteiger partial charge in [-0.3, -0.25) is 33.8 Å². The number of aryl methyl sites for hydroxylation is 1. The van der Waals surface area contributed by atoms with Gasteiger partial charge in [0.25, 0.3) is 0 Å². The van der Waals surface area contributed by atoms with Crippen LogP contribution in [-0.4, -0.2) is 98.9 Å². The number of nitrogens with zero attached hydrogens (tertiary/aromatic N) is 2. The molecule has 0 aliphatic rings. The predicted octanol–water partition coefficient (Wildman–Crippen LogP) is 0.444. The van der Waals surface area contributed by atoms with E-state index in [4.69, 9.17) is 17.2 Å². The zero-order valence-electron chi connectivity index (χ0n) is 34.6. The number of hydrogen-bond acceptors (Lipinski definition) is 9. The molecule has 3 aromatic carbocycles. The zero-order valence-corrected chi connectivity index (χ0v) is 35.5. The molecule has 0 bridgehead atoms. The van der Waals surface area contributed by atoms with E-state index in [-0.39, 0.29) is 62.7 Å². The number of fused-ring (bicyclic) bond motifs is 1. The fourth-order valence-electron chi connectivity index (χ4n) is 6.85. The zero-order chi connectivity index (χ0) is 45.1. The molecule has 6 amide bonds. The topological polar surface area (TPSA) is 297 Å². The molecule has 63 heavy (non-hydrogen) atoms. The summed E-state index contributed by atoms with van der Waals surface area (Å²) in [4.78, 5) is 95.8. The van der Waals surface area contributed by atoms with Gasteiger partial charge < -0.3 is 53.8 Å². The molecule has 19 heteroatoms. The summed E-state index contributed by atoms with van der Waals surface area (Å²) in [5.74, 6) is -4.33. The molecule has 332 valence electrons. The molecule has 18 nitrogen and oxygen atoms in total. The number of amides is 6. The number of para-hydroxylation sites is 1. The van der Waals surface area contributed by atoms with Crippen LogP contribution in [0.2, 0.25) is 0 Å². The molecule has 5 rings (SSSR count). The molecular weight excluding hydrogens is 825 g/mol. The van der Waals surface area contributed by atoms with E-state index >= 15 is 0 Å². The van der Waals surface area contributed by atoms with E-state index in [1.807, 2.05) is 54.6 Å². The number of aliphatic imine (C=N–C) groups is 1. The number of H-pyrrole nitrogens is 2. The Hall–Kier alpha value is -7.15. The van der Waals surface area contributed by atoms with Crippen LogP contribution in [0.3, 0.4) is 0 Å². The Kier molecular flexibility index (Phi) is 17.7. The summed E-state index contributed by atoms with van der Waals surface area (Å²) in [7, 11) is 0. The third-order valence-electron chi connectivity index (χ3n) is 10.2. The van der Waals surface area contributed by atoms with Crippen molar-refractivity contribution in [1.82, 2.24) is 41.5 Å². The van der Waals surface area contributed by atoms with Crippen molar-refractivity contribution in [3.63, 3.8) is 0 Å². The Morgan fingerprint density at radius 3 is 1.89 bits per heavy atom. The van der Waals surface area contributed by atoms with Crippen LogP contribution in [0.15, 0.2) is 109 Å². The Balaban J connectivity index is 1.32. The number of carbonyl (C=O) groups excluding carboxylic acids is 6. The van der Waals surface area contributed by atoms with Gasteiger partial charge in [0.2, 0.25) is 35.4 Å². The van der Waals surface area contributed by atoms with Gasteiger partial charge in [0, 0.05) is 67.0 Å². The molecule has 0 spiro atoms. The number of rotatable bonds is 24. The minimum atomic E-state index is -1.26. The van der Waals surface area contributed by atoms with Crippen LogP contribution >= 0.6 is 12.6 Å². The number of benzene rings is 3. The maximum absolute atomic E-state index is 14.3. The molecule has 2 heterocycles. The lowest BCUT2D eigenvalue weighted by atomic mass is 10.0. The number of imidazole rings is 1. The number of nitrogens with one attached hydrogen (secondary N) is 7. The normalized spacial score (nSPS) is 13.3. The second-order valence-electron chi connectivity index (χ2n) is 14.9. The van der Waals surface area contributed by atoms with Crippen LogP contribution in [0.1, 0.15) is 41.6 Å². The average molecular weight is 879 g/mol. The number of primary amides is 1. The summed E-state index contributed by atoms with van der Waals surface area (Å²) in [6.45, 7) is 0.121. The number of thiol groups is 1. The van der Waals surface area contributed by atoms with Crippen molar-refractivity contribution in [3.8, 4) is 0 Å². The molecule has 0 aliphatic carbocycles. The van der Waals surface area contributed by atoms with Crippen molar-refractivity contribution in [2.75, 3.05) is 12.3 Å². The SMILES string of the molecule is NC(=O)[C@H](Cc1c[nH]c2ccccc12)NC(=O)[C@H](CS)NC(=O)[C@H](CCCN=C(N)N)NC(=O)[C@@H](Cc1ccccc1)NC(=O)[C@H](Cc1cnc[nH]1)NC(=O)CCc1ccccc1. The van der Waals surface area contributed by atoms with Crippen molar-refractivity contribution < 1.29 is 28.8 Å². The number of guanidine groups is 1. The van der Waals surface area contributed by atoms with Crippen molar-refractivity contribution in [1.29, 1.82) is 0 Å². The van der Waals surface area contributed by atoms with E-state index < -0.39 is 59.7 Å². The van der Waals surface area contributed by atoms with Gasteiger partial charge in [-0.05, 0) is 42.0 Å². The predicted molar refractivity (Wildman–Crippen MR) is 242 cm³/mol. The van der Waals surface area contributed by atoms with Crippen LogP contribution in [0.4, 0.5) is 0 Å². The first-order chi connectivity index (χ1) is 30.4. The molecule has 2 aromatic heterocycles. The summed E-state index contributed by atoms with van der Waals surface area (Å²) in [6, 6.07) is 19.9. The highest BCUT2D eigenvalue weighted by Gasteiger charge is 2.32. The number of aromatic nitrogens is 3. The molecule has 0 saturated heterocycles. The van der Waals surface area contributed by atoms with Crippen molar-refractivity contribution in [3.05, 3.63) is 126 Å². The molecule has 0 saturated carbocycles. The van der Waals surface area contributed by atoms with Crippen LogP contribution in [0.25, 0.3) is 10.9 Å². The number of nitrogens with two attached hydrogens (primary N) is 3. The number of hydrogen-bond donors (Lipinski definition) is 11. The van der Waals surface area contributed by atoms with Gasteiger partial charge >= 0.3 is 0 Å². The molecule has 0 fully saturated rings. The molecule has 13 N–H and O–H groups in total. The van der Waals surface area contributed by atoms with E-state index in [0.717, 1.165) is 22.0 Å². The number of aromatic amines is 2. The lowest BCUT2D eigenvalue weighted by Crippen LogP contribution is -2.60. The second kappa shape index (κ2) is 23.7. The van der Waals surface area contributed by atoms with Crippen molar-refractivity contribution >= 4 is 64.9 Å². The minimum absolute atomic E-state index is 0.0195. The van der Waals surface area contributed by atoms with E-state index in [0.29, 0.717) is 17.7 Å². The lowest BCUT2D eigenvalue weighted by molar-refractivity contribution is -0.134. The summed E-state index contributed by atoms with van der Waals surface area (Å²) < 4.78 is 0. The van der Waals surface area contributed by atoms with E-state index in [1.165, 1.54) is 12.5 Å². The maximum atomic E-state index is 14.3. The Bertz CT molecular complexity index is 2320. The third kappa shape index (κ3) is 14.8. The minimum Gasteiger partial charge on any atom is -0.370 e. The van der Waals surface area contributed by atoms with E-state index in [9.17, 15) is 28.8 Å². The molecular formula is C44H54N12O6S. The van der Waals surface area contributed by atoms with Crippen molar-refractivity contribution in [2.45, 2.75) is 75.2 Å². The van der Waals surface area contributed by atoms with Crippen LogP contribution in [0, 0.1) is 0 Å². The monoisotopic (exact) mass is 878 g/mol. The van der Waals surface area contributed by atoms with E-state index in [2.05, 4.69) is 59.2 Å². The Morgan fingerprint density at radius 1 is 0.651 bits per heavy atom. The Morgan fingerprint density at radius 2 is 1.24 bits per heavy atom. The summed E-state index contributed by atoms with van der Waals surface area (Å²) in [6.07, 6.45) is 5.68. The number of carbonyl (C=O) groups is 6. The molecule has 0 radical (unpaired) electrons. The first kappa shape index (κ1) is 46.9. The van der Waals surface area contributed by atoms with Gasteiger partial charge in [0.15, 0.2) is 5.96 Å². The molecule has 5 aromatic rings. The average Bonchev–Trinajstić information content (AvgIpc) is 3.95. The summed E-state index contributed by atoms with van der Waals surface area (Å²) in [5.41, 5.74) is 20.6. The van der Waals surface area contributed by atoms with Gasteiger partial charge in [-0.15, -0.1) is 0 Å². The molecule has 0 aliphatic heterocycles. The molecule has 5 atom stereocenters. The Labute approximate surface area is 369 Å². The highest BCUT2D eigenvalue weighted by molar-refractivity contribution is 7.80. The highest BCUT2D eigenvalue weighted by Crippen LogP contribution is 2.19. The van der Waals surface area contributed by atoms with Gasteiger partial charge in [-0.1, -0.05) is 78.9 Å². The highest BCUT2D eigenvalue weighted by atomic mass is 32.1. The van der Waals surface area contributed by atoms with Crippen LogP contribution < -0.4 is 43.8 Å². The van der Waals surface area contributed by atoms with Crippen LogP contribution in [-0.2, 0) is 54.5 Å². The summed E-state index contributed by atoms with van der Waals surface area (Å²) in [5, 5.41) is 14.5. The van der Waals surface area contributed by atoms with E-state index in [1.54, 1.807) is 36.5 Å². The van der Waals surface area contributed by atoms with Crippen molar-refractivity contribution in [2.24, 2.45) is 22.2 Å². The van der Waals surface area contributed by atoms with Crippen LogP contribution in [0.5, 0.6) is 0 Å². The second-order valence-corrected chi connectivity index (χ2v) is 15.3. The van der Waals surface area contributed by atoms with Gasteiger partial charge in [-0.25, -0.2) is 4.98 Å². The smallest absolute Gasteiger partial charge is 0.244 e. The van der Waals surface area contributed by atoms with Gasteiger partial charge in [-0.2, -0.15) is 12.6 Å². The standard InChI is InChI=1S/C44H54N12O6S/c45-39(58)34(21-29-23-50-32-15-8-7-14-31(29)32)54-43(62)37(25-63)56-40(59)33(16-9-19-49-44(46)47)53-41(60)35(20-28-12-5-2-6-13-28)55-42(61)36(22-30-24-48-26-51-30)52-38(57)18-17-27-10-3-1-4-11-27/h1-8,10-15,23-24,26,33-37,50,63H,9,16-22,25H2,(H2,45,58)(H,48,51)(H,52,57)(H,53,60)(H,54,62)(H,55,61)(H,56,59)(H4,46,47,49)/t33-,34-,35+,36-,37-/m0/s1. The maximum Gasteiger partial charge on any atom is 0.244 e. The summed E-state index contributed by atoms with van der Waals surface area (Å²) >= 11 is 4.31. The third-order valence-corrected chi connectivity index (χ3v) is 10.5. The molecule has 0 unspecified atom stereocenters. The first-order valence-corrected chi connectivity index (χ1v) is 21.1. The fraction of sp³-hybridized carbons (Fsp3) is 0.318. The lowest BCUT2D eigenvalue weighted by Gasteiger charge is -2.27. The first-order valence-electron chi connectivity index (χ1n) is 20.5.